The van der Waals surface area contributed by atoms with Crippen molar-refractivity contribution in [1.29, 1.82) is 0 Å². The zero-order valence-electron chi connectivity index (χ0n) is 14.3. The Hall–Kier alpha value is -2.44. The lowest BCUT2D eigenvalue weighted by atomic mass is 9.72. The fourth-order valence-corrected chi connectivity index (χ4v) is 3.60. The number of halogens is 2. The van der Waals surface area contributed by atoms with Gasteiger partial charge in [0.05, 0.1) is 5.57 Å². The van der Waals surface area contributed by atoms with Gasteiger partial charge in [-0.2, -0.15) is 0 Å². The van der Waals surface area contributed by atoms with Crippen molar-refractivity contribution in [1.82, 2.24) is 9.80 Å². The number of aliphatic hydroxyl groups excluding tert-OH is 1. The number of hydrogen-bond acceptors (Lipinski definition) is 3. The standard InChI is InChI=1S/C18H20F2N2O3/c1-18(2)11-6-7-22(9-10-4-5-12(19)13(20)8-10)16(24)14(11)15(23)17(25)21(18)3/h4-5,8,11,23H,6-7,9H2,1-3H3. The second-order valence-corrected chi connectivity index (χ2v) is 7.10. The van der Waals surface area contributed by atoms with Crippen molar-refractivity contribution in [3.05, 3.63) is 46.7 Å². The summed E-state index contributed by atoms with van der Waals surface area (Å²) in [5, 5.41) is 10.2. The van der Waals surface area contributed by atoms with Gasteiger partial charge in [-0.25, -0.2) is 8.78 Å². The van der Waals surface area contributed by atoms with Gasteiger partial charge in [-0.15, -0.1) is 0 Å². The highest BCUT2D eigenvalue weighted by molar-refractivity contribution is 6.05. The predicted octanol–water partition coefficient (Wildman–Crippen LogP) is 2.38. The fraction of sp³-hybridized carbons (Fsp3) is 0.444. The molecule has 134 valence electrons. The first-order chi connectivity index (χ1) is 11.6. The van der Waals surface area contributed by atoms with Gasteiger partial charge in [0.15, 0.2) is 17.4 Å². The first-order valence-corrected chi connectivity index (χ1v) is 8.09. The number of carbonyl (C=O) groups is 2. The average molecular weight is 350 g/mol. The second kappa shape index (κ2) is 5.82. The SMILES string of the molecule is CN1C(=O)C(O)=C2C(=O)N(Cc3ccc(F)c(F)c3)CCC2C1(C)C. The van der Waals surface area contributed by atoms with Crippen molar-refractivity contribution in [2.75, 3.05) is 13.6 Å². The molecule has 1 atom stereocenters. The number of likely N-dealkylation sites (tertiary alicyclic amines) is 1. The Bertz CT molecular complexity index is 789. The molecule has 1 fully saturated rings. The van der Waals surface area contributed by atoms with E-state index in [1.54, 1.807) is 7.05 Å². The van der Waals surface area contributed by atoms with Crippen molar-refractivity contribution in [3.8, 4) is 0 Å². The molecule has 2 amide bonds. The highest BCUT2D eigenvalue weighted by Gasteiger charge is 2.50. The number of piperidine rings is 1. The smallest absolute Gasteiger partial charge is 0.289 e. The van der Waals surface area contributed by atoms with Gasteiger partial charge in [0, 0.05) is 31.6 Å². The number of nitrogens with zero attached hydrogens (tertiary/aromatic N) is 2. The van der Waals surface area contributed by atoms with Crippen molar-refractivity contribution < 1.29 is 23.5 Å². The summed E-state index contributed by atoms with van der Waals surface area (Å²) in [7, 11) is 1.60. The summed E-state index contributed by atoms with van der Waals surface area (Å²) in [4.78, 5) is 28.0. The number of hydrogen-bond donors (Lipinski definition) is 1. The number of rotatable bonds is 2. The lowest BCUT2D eigenvalue weighted by molar-refractivity contribution is -0.143. The normalized spacial score (nSPS) is 23.2. The lowest BCUT2D eigenvalue weighted by Crippen LogP contribution is -2.59. The van der Waals surface area contributed by atoms with Crippen LogP contribution in [0.1, 0.15) is 25.8 Å². The monoisotopic (exact) mass is 350 g/mol. The van der Waals surface area contributed by atoms with Crippen molar-refractivity contribution >= 4 is 11.8 Å². The lowest BCUT2D eigenvalue weighted by Gasteiger charge is -2.49. The van der Waals surface area contributed by atoms with E-state index in [0.29, 0.717) is 18.5 Å². The third kappa shape index (κ3) is 2.67. The van der Waals surface area contributed by atoms with Crippen molar-refractivity contribution in [2.45, 2.75) is 32.4 Å². The van der Waals surface area contributed by atoms with E-state index in [1.165, 1.54) is 15.9 Å². The molecular weight excluding hydrogens is 330 g/mol. The maximum Gasteiger partial charge on any atom is 0.289 e. The quantitative estimate of drug-likeness (QED) is 0.891. The molecule has 2 heterocycles. The van der Waals surface area contributed by atoms with Crippen LogP contribution in [0.15, 0.2) is 29.5 Å². The minimum atomic E-state index is -0.975. The summed E-state index contributed by atoms with van der Waals surface area (Å²) in [5.74, 6) is -3.74. The van der Waals surface area contributed by atoms with E-state index in [4.69, 9.17) is 0 Å². The van der Waals surface area contributed by atoms with Crippen LogP contribution in [-0.4, -0.2) is 45.9 Å². The van der Waals surface area contributed by atoms with Gasteiger partial charge in [0.25, 0.3) is 11.8 Å². The largest absolute Gasteiger partial charge is 0.503 e. The van der Waals surface area contributed by atoms with E-state index in [1.807, 2.05) is 13.8 Å². The molecule has 0 spiro atoms. The van der Waals surface area contributed by atoms with Crippen LogP contribution in [0.2, 0.25) is 0 Å². The number of aliphatic hydroxyl groups is 1. The van der Waals surface area contributed by atoms with Crippen LogP contribution < -0.4 is 0 Å². The molecule has 0 saturated carbocycles. The van der Waals surface area contributed by atoms with E-state index in [-0.39, 0.29) is 18.0 Å². The molecule has 7 heteroatoms. The molecule has 1 aromatic rings. The van der Waals surface area contributed by atoms with E-state index < -0.39 is 34.7 Å². The third-order valence-corrected chi connectivity index (χ3v) is 5.39. The molecule has 0 bridgehead atoms. The molecule has 1 saturated heterocycles. The summed E-state index contributed by atoms with van der Waals surface area (Å²) < 4.78 is 26.4. The predicted molar refractivity (Wildman–Crippen MR) is 86.4 cm³/mol. The van der Waals surface area contributed by atoms with Gasteiger partial charge >= 0.3 is 0 Å². The molecule has 3 rings (SSSR count). The molecule has 0 aliphatic carbocycles. The van der Waals surface area contributed by atoms with Crippen LogP contribution in [0.5, 0.6) is 0 Å². The van der Waals surface area contributed by atoms with Crippen LogP contribution >= 0.6 is 0 Å². The molecule has 1 aromatic carbocycles. The topological polar surface area (TPSA) is 60.9 Å². The molecule has 25 heavy (non-hydrogen) atoms. The summed E-state index contributed by atoms with van der Waals surface area (Å²) >= 11 is 0. The molecule has 5 nitrogen and oxygen atoms in total. The van der Waals surface area contributed by atoms with Crippen LogP contribution in [0.3, 0.4) is 0 Å². The van der Waals surface area contributed by atoms with Gasteiger partial charge in [-0.1, -0.05) is 6.07 Å². The molecule has 2 aliphatic heterocycles. The maximum atomic E-state index is 13.4. The van der Waals surface area contributed by atoms with Gasteiger partial charge in [0.2, 0.25) is 0 Å². The Morgan fingerprint density at radius 2 is 1.88 bits per heavy atom. The van der Waals surface area contributed by atoms with Crippen LogP contribution in [0.4, 0.5) is 8.78 Å². The highest BCUT2D eigenvalue weighted by atomic mass is 19.2. The molecular formula is C18H20F2N2O3. The zero-order chi connectivity index (χ0) is 18.5. The van der Waals surface area contributed by atoms with E-state index in [2.05, 4.69) is 0 Å². The fourth-order valence-electron chi connectivity index (χ4n) is 3.60. The average Bonchev–Trinajstić information content (AvgIpc) is 2.56. The van der Waals surface area contributed by atoms with Gasteiger partial charge in [-0.05, 0) is 38.0 Å². The third-order valence-electron chi connectivity index (χ3n) is 5.39. The van der Waals surface area contributed by atoms with Crippen LogP contribution in [-0.2, 0) is 16.1 Å². The second-order valence-electron chi connectivity index (χ2n) is 7.10. The zero-order valence-corrected chi connectivity index (χ0v) is 14.3. The minimum absolute atomic E-state index is 0.0873. The molecule has 1 unspecified atom stereocenters. The van der Waals surface area contributed by atoms with Crippen molar-refractivity contribution in [2.24, 2.45) is 5.92 Å². The molecule has 0 radical (unpaired) electrons. The summed E-state index contributed by atoms with van der Waals surface area (Å²) in [6.45, 7) is 4.22. The molecule has 0 aromatic heterocycles. The maximum absolute atomic E-state index is 13.4. The Balaban J connectivity index is 1.92. The van der Waals surface area contributed by atoms with E-state index in [9.17, 15) is 23.5 Å². The number of likely N-dealkylation sites (N-methyl/N-ethyl adjacent to an activating group) is 1. The number of amides is 2. The summed E-state index contributed by atoms with van der Waals surface area (Å²) in [6, 6.07) is 3.48. The number of fused-ring (bicyclic) bond motifs is 1. The van der Waals surface area contributed by atoms with E-state index in [0.717, 1.165) is 12.1 Å². The Morgan fingerprint density at radius 1 is 1.20 bits per heavy atom. The highest BCUT2D eigenvalue weighted by Crippen LogP contribution is 2.41. The van der Waals surface area contributed by atoms with Gasteiger partial charge < -0.3 is 14.9 Å². The first kappa shape index (κ1) is 17.4. The van der Waals surface area contributed by atoms with Gasteiger partial charge in [-0.3, -0.25) is 9.59 Å². The minimum Gasteiger partial charge on any atom is -0.503 e. The summed E-state index contributed by atoms with van der Waals surface area (Å²) in [5.41, 5.74) is -0.0335. The molecule has 1 N–H and O–H groups in total. The first-order valence-electron chi connectivity index (χ1n) is 8.09. The molecule has 2 aliphatic rings. The Morgan fingerprint density at radius 3 is 2.52 bits per heavy atom. The Kier molecular flexibility index (Phi) is 4.05. The van der Waals surface area contributed by atoms with Crippen LogP contribution in [0.25, 0.3) is 0 Å². The number of benzene rings is 1. The van der Waals surface area contributed by atoms with Crippen LogP contribution in [0, 0.1) is 17.6 Å². The van der Waals surface area contributed by atoms with E-state index >= 15 is 0 Å². The number of carbonyl (C=O) groups excluding carboxylic acids is 2. The van der Waals surface area contributed by atoms with Crippen molar-refractivity contribution in [3.63, 3.8) is 0 Å². The van der Waals surface area contributed by atoms with Gasteiger partial charge in [0.1, 0.15) is 0 Å². The Labute approximate surface area is 144 Å². The summed E-state index contributed by atoms with van der Waals surface area (Å²) in [6.07, 6.45) is 0.569.